The van der Waals surface area contributed by atoms with E-state index in [1.807, 2.05) is 13.0 Å². The van der Waals surface area contributed by atoms with Crippen LogP contribution >= 0.6 is 0 Å². The lowest BCUT2D eigenvalue weighted by atomic mass is 9.90. The standard InChI is InChI=1S/C14H19N3/c1-10-3-4-12-14(15-10)9-13(16-12)11-5-7-17(2)8-6-11/h3-4,9,11,13H,5-8H2,1-2H3. The topological polar surface area (TPSA) is 28.5 Å². The van der Waals surface area contributed by atoms with E-state index in [9.17, 15) is 0 Å². The highest BCUT2D eigenvalue weighted by molar-refractivity contribution is 5.33. The van der Waals surface area contributed by atoms with E-state index < -0.39 is 0 Å². The molecule has 1 atom stereocenters. The van der Waals surface area contributed by atoms with E-state index in [2.05, 4.69) is 29.1 Å². The minimum Gasteiger partial charge on any atom is -0.306 e. The van der Waals surface area contributed by atoms with Crippen molar-refractivity contribution in [3.63, 3.8) is 0 Å². The molecule has 3 heterocycles. The summed E-state index contributed by atoms with van der Waals surface area (Å²) in [5, 5.41) is 2.17. The first-order chi connectivity index (χ1) is 8.22. The summed E-state index contributed by atoms with van der Waals surface area (Å²) in [7, 11) is 2.20. The van der Waals surface area contributed by atoms with Crippen molar-refractivity contribution in [2.45, 2.75) is 25.8 Å². The molecule has 2 aliphatic heterocycles. The highest BCUT2D eigenvalue weighted by Crippen LogP contribution is 2.23. The Bertz CT molecular complexity index is 527. The van der Waals surface area contributed by atoms with E-state index in [1.54, 1.807) is 0 Å². The Hall–Kier alpha value is -1.22. The predicted octanol–water partition coefficient (Wildman–Crippen LogP) is 0.514. The summed E-state index contributed by atoms with van der Waals surface area (Å²) in [4.78, 5) is 11.8. The zero-order valence-electron chi connectivity index (χ0n) is 10.6. The Morgan fingerprint density at radius 3 is 2.76 bits per heavy atom. The van der Waals surface area contributed by atoms with Crippen LogP contribution in [0, 0.1) is 12.8 Å². The molecule has 1 unspecified atom stereocenters. The number of pyridine rings is 1. The van der Waals surface area contributed by atoms with Gasteiger partial charge in [-0.15, -0.1) is 0 Å². The number of aromatic nitrogens is 1. The fourth-order valence-electron chi connectivity index (χ4n) is 2.77. The summed E-state index contributed by atoms with van der Waals surface area (Å²) >= 11 is 0. The molecule has 0 aliphatic carbocycles. The molecule has 1 aromatic rings. The average Bonchev–Trinajstić information content (AvgIpc) is 2.72. The number of nitrogens with zero attached hydrogens (tertiary/aromatic N) is 3. The number of likely N-dealkylation sites (tertiary alicyclic amines) is 1. The second-order valence-corrected chi connectivity index (χ2v) is 5.28. The van der Waals surface area contributed by atoms with Crippen molar-refractivity contribution in [3.8, 4) is 0 Å². The van der Waals surface area contributed by atoms with Gasteiger partial charge in [0.05, 0.1) is 16.7 Å². The van der Waals surface area contributed by atoms with Gasteiger partial charge in [-0.25, -0.2) is 0 Å². The largest absolute Gasteiger partial charge is 0.306 e. The molecule has 1 aromatic heterocycles. The van der Waals surface area contributed by atoms with Crippen molar-refractivity contribution in [1.29, 1.82) is 0 Å². The Balaban J connectivity index is 1.84. The smallest absolute Gasteiger partial charge is 0.0866 e. The maximum absolute atomic E-state index is 4.80. The van der Waals surface area contributed by atoms with Gasteiger partial charge in [0, 0.05) is 5.69 Å². The predicted molar refractivity (Wildman–Crippen MR) is 68.2 cm³/mol. The summed E-state index contributed by atoms with van der Waals surface area (Å²) < 4.78 is 0. The van der Waals surface area contributed by atoms with Crippen LogP contribution in [0.1, 0.15) is 18.5 Å². The van der Waals surface area contributed by atoms with E-state index in [1.165, 1.54) is 25.9 Å². The van der Waals surface area contributed by atoms with Crippen molar-refractivity contribution in [1.82, 2.24) is 9.88 Å². The zero-order valence-corrected chi connectivity index (χ0v) is 10.6. The van der Waals surface area contributed by atoms with Crippen LogP contribution in [0.4, 0.5) is 0 Å². The van der Waals surface area contributed by atoms with Crippen molar-refractivity contribution >= 4 is 6.08 Å². The van der Waals surface area contributed by atoms with Crippen LogP contribution in [0.3, 0.4) is 0 Å². The molecule has 0 N–H and O–H groups in total. The lowest BCUT2D eigenvalue weighted by molar-refractivity contribution is 0.213. The van der Waals surface area contributed by atoms with Gasteiger partial charge >= 0.3 is 0 Å². The van der Waals surface area contributed by atoms with Gasteiger partial charge < -0.3 is 4.90 Å². The van der Waals surface area contributed by atoms with Crippen molar-refractivity contribution in [3.05, 3.63) is 28.5 Å². The zero-order chi connectivity index (χ0) is 11.8. The summed E-state index contributed by atoms with van der Waals surface area (Å²) in [6.07, 6.45) is 4.78. The first kappa shape index (κ1) is 10.9. The SMILES string of the molecule is Cc1ccc2c(n1)=CC(C1CCN(C)CC1)N=2. The van der Waals surface area contributed by atoms with Gasteiger partial charge in [-0.1, -0.05) is 0 Å². The van der Waals surface area contributed by atoms with Gasteiger partial charge in [0.25, 0.3) is 0 Å². The molecular formula is C14H19N3. The molecule has 90 valence electrons. The molecule has 3 nitrogen and oxygen atoms in total. The number of hydrogen-bond donors (Lipinski definition) is 0. The first-order valence-corrected chi connectivity index (χ1v) is 6.44. The molecule has 0 bridgehead atoms. The van der Waals surface area contributed by atoms with E-state index in [-0.39, 0.29) is 0 Å². The van der Waals surface area contributed by atoms with Crippen LogP contribution in [0.25, 0.3) is 6.08 Å². The summed E-state index contributed by atoms with van der Waals surface area (Å²) in [5.41, 5.74) is 1.08. The van der Waals surface area contributed by atoms with Gasteiger partial charge in [-0.3, -0.25) is 9.98 Å². The molecule has 3 heteroatoms. The van der Waals surface area contributed by atoms with Crippen LogP contribution in [0.5, 0.6) is 0 Å². The third-order valence-corrected chi connectivity index (χ3v) is 3.90. The summed E-state index contributed by atoms with van der Waals surface area (Å²) in [6, 6.07) is 4.52. The second kappa shape index (κ2) is 4.22. The van der Waals surface area contributed by atoms with E-state index in [0.29, 0.717) is 12.0 Å². The molecular weight excluding hydrogens is 210 g/mol. The number of rotatable bonds is 1. The van der Waals surface area contributed by atoms with Crippen LogP contribution in [-0.4, -0.2) is 36.1 Å². The van der Waals surface area contributed by atoms with Gasteiger partial charge in [0.1, 0.15) is 0 Å². The fraction of sp³-hybridized carbons (Fsp3) is 0.571. The number of hydrogen-bond acceptors (Lipinski definition) is 3. The molecule has 17 heavy (non-hydrogen) atoms. The molecule has 0 aromatic carbocycles. The highest BCUT2D eigenvalue weighted by Gasteiger charge is 2.25. The third-order valence-electron chi connectivity index (χ3n) is 3.90. The molecule has 1 saturated heterocycles. The monoisotopic (exact) mass is 229 g/mol. The molecule has 3 rings (SSSR count). The second-order valence-electron chi connectivity index (χ2n) is 5.28. The molecule has 0 saturated carbocycles. The Morgan fingerprint density at radius 2 is 2.00 bits per heavy atom. The molecule has 0 amide bonds. The summed E-state index contributed by atoms with van der Waals surface area (Å²) in [5.74, 6) is 0.709. The van der Waals surface area contributed by atoms with Crippen molar-refractivity contribution in [2.75, 3.05) is 20.1 Å². The van der Waals surface area contributed by atoms with Gasteiger partial charge in [0.15, 0.2) is 0 Å². The van der Waals surface area contributed by atoms with E-state index in [4.69, 9.17) is 4.99 Å². The number of piperidine rings is 1. The van der Waals surface area contributed by atoms with Gasteiger partial charge in [0.2, 0.25) is 0 Å². The van der Waals surface area contributed by atoms with Crippen LogP contribution in [-0.2, 0) is 0 Å². The number of fused-ring (bicyclic) bond motifs is 1. The van der Waals surface area contributed by atoms with Crippen LogP contribution < -0.4 is 10.7 Å². The first-order valence-electron chi connectivity index (χ1n) is 6.44. The average molecular weight is 229 g/mol. The maximum Gasteiger partial charge on any atom is 0.0866 e. The minimum absolute atomic E-state index is 0.369. The molecule has 0 radical (unpaired) electrons. The summed E-state index contributed by atoms with van der Waals surface area (Å²) in [6.45, 7) is 4.44. The molecule has 0 spiro atoms. The Morgan fingerprint density at radius 1 is 1.24 bits per heavy atom. The van der Waals surface area contributed by atoms with Crippen molar-refractivity contribution < 1.29 is 0 Å². The molecule has 1 fully saturated rings. The van der Waals surface area contributed by atoms with E-state index >= 15 is 0 Å². The Kier molecular flexibility index (Phi) is 2.71. The maximum atomic E-state index is 4.80. The Labute approximate surface area is 102 Å². The number of aryl methyl sites for hydroxylation is 1. The van der Waals surface area contributed by atoms with Crippen molar-refractivity contribution in [2.24, 2.45) is 10.9 Å². The highest BCUT2D eigenvalue weighted by atomic mass is 15.1. The minimum atomic E-state index is 0.369. The van der Waals surface area contributed by atoms with Gasteiger partial charge in [-0.2, -0.15) is 0 Å². The third kappa shape index (κ3) is 2.12. The lowest BCUT2D eigenvalue weighted by Crippen LogP contribution is -2.34. The van der Waals surface area contributed by atoms with Crippen LogP contribution in [0.2, 0.25) is 0 Å². The normalized spacial score (nSPS) is 25.2. The lowest BCUT2D eigenvalue weighted by Gasteiger charge is -2.30. The quantitative estimate of drug-likeness (QED) is 0.702. The van der Waals surface area contributed by atoms with E-state index in [0.717, 1.165) is 16.4 Å². The van der Waals surface area contributed by atoms with Crippen LogP contribution in [0.15, 0.2) is 17.1 Å². The fourth-order valence-corrected chi connectivity index (χ4v) is 2.77. The van der Waals surface area contributed by atoms with Gasteiger partial charge in [-0.05, 0) is 64.0 Å². The molecule has 2 aliphatic rings.